The summed E-state index contributed by atoms with van der Waals surface area (Å²) in [5, 5.41) is 9.27. The Balaban J connectivity index is 0.00000172. The Morgan fingerprint density at radius 2 is 1.92 bits per heavy atom. The van der Waals surface area contributed by atoms with Gasteiger partial charge >= 0.3 is 0 Å². The molecule has 0 aliphatic carbocycles. The Morgan fingerprint density at radius 3 is 2.72 bits per heavy atom. The minimum Gasteiger partial charge on any atom is -0.383 e. The van der Waals surface area contributed by atoms with Gasteiger partial charge in [0, 0.05) is 27.2 Å². The molecule has 2 aromatic heterocycles. The predicted octanol–water partition coefficient (Wildman–Crippen LogP) is 6.31. The summed E-state index contributed by atoms with van der Waals surface area (Å²) in [7, 11) is 0. The zero-order chi connectivity index (χ0) is 27.9. The average molecular weight is 549 g/mol. The number of nitrogens with one attached hydrogen (secondary N) is 3. The third kappa shape index (κ3) is 6.40. The van der Waals surface area contributed by atoms with E-state index < -0.39 is 17.7 Å². The molecule has 7 nitrogen and oxygen atoms in total. The first-order valence-electron chi connectivity index (χ1n) is 12.6. The van der Waals surface area contributed by atoms with E-state index in [1.54, 1.807) is 36.6 Å². The summed E-state index contributed by atoms with van der Waals surface area (Å²) in [6.07, 6.45) is 1.60. The number of carbonyl (C=O) groups is 1. The number of aromatic nitrogens is 1. The van der Waals surface area contributed by atoms with E-state index in [4.69, 9.17) is 5.73 Å². The summed E-state index contributed by atoms with van der Waals surface area (Å²) in [5.74, 6) is -1.31. The van der Waals surface area contributed by atoms with Gasteiger partial charge in [0.25, 0.3) is 5.91 Å². The molecular weight excluding hydrogens is 518 g/mol. The molecule has 0 radical (unpaired) electrons. The van der Waals surface area contributed by atoms with Gasteiger partial charge in [-0.2, -0.15) is 0 Å². The van der Waals surface area contributed by atoms with Gasteiger partial charge in [-0.25, -0.2) is 18.8 Å². The number of nitrogens with two attached hydrogens (primary N) is 1. The zero-order valence-corrected chi connectivity index (χ0v) is 22.7. The van der Waals surface area contributed by atoms with Crippen molar-refractivity contribution in [3.63, 3.8) is 0 Å². The van der Waals surface area contributed by atoms with Gasteiger partial charge in [0.05, 0.1) is 18.2 Å². The van der Waals surface area contributed by atoms with Gasteiger partial charge in [-0.1, -0.05) is 26.0 Å². The largest absolute Gasteiger partial charge is 0.383 e. The molecule has 0 fully saturated rings. The number of rotatable bonds is 7. The van der Waals surface area contributed by atoms with E-state index in [2.05, 4.69) is 25.9 Å². The summed E-state index contributed by atoms with van der Waals surface area (Å²) in [5.41, 5.74) is 9.77. The van der Waals surface area contributed by atoms with Gasteiger partial charge < -0.3 is 21.7 Å². The lowest BCUT2D eigenvalue weighted by atomic mass is 10.1. The monoisotopic (exact) mass is 548 g/mol. The van der Waals surface area contributed by atoms with E-state index in [-0.39, 0.29) is 5.91 Å². The van der Waals surface area contributed by atoms with Crippen LogP contribution in [0.15, 0.2) is 71.9 Å². The van der Waals surface area contributed by atoms with Crippen molar-refractivity contribution in [3.8, 4) is 10.4 Å². The number of carbonyl (C=O) groups excluding carboxylic acids is 1. The number of fused-ring (bicyclic) bond motifs is 1. The fraction of sp³-hybridized carbons (Fsp3) is 0.207. The number of halogens is 2. The van der Waals surface area contributed by atoms with Gasteiger partial charge in [-0.05, 0) is 66.6 Å². The molecule has 1 aliphatic heterocycles. The van der Waals surface area contributed by atoms with Crippen molar-refractivity contribution in [2.24, 2.45) is 10.7 Å². The van der Waals surface area contributed by atoms with Crippen LogP contribution in [-0.4, -0.2) is 23.4 Å². The summed E-state index contributed by atoms with van der Waals surface area (Å²) in [4.78, 5) is 23.7. The van der Waals surface area contributed by atoms with Crippen LogP contribution in [0.3, 0.4) is 0 Å². The molecule has 0 bridgehead atoms. The van der Waals surface area contributed by atoms with Crippen LogP contribution < -0.4 is 21.7 Å². The second-order valence-electron chi connectivity index (χ2n) is 8.53. The third-order valence-electron chi connectivity index (χ3n) is 6.03. The SMILES string of the molecule is CC.CC(NC(=O)c1cccnc1NCc1ccc(-c2ccc3c(c2)C(N)=NCN3)s1)c1ccc(F)c(F)c1. The molecule has 10 heteroatoms. The zero-order valence-electron chi connectivity index (χ0n) is 21.9. The average Bonchev–Trinajstić information content (AvgIpc) is 3.44. The van der Waals surface area contributed by atoms with Crippen molar-refractivity contribution in [3.05, 3.63) is 100 Å². The Bertz CT molecular complexity index is 1500. The van der Waals surface area contributed by atoms with Crippen molar-refractivity contribution in [2.45, 2.75) is 33.4 Å². The number of benzene rings is 2. The first-order chi connectivity index (χ1) is 18.9. The van der Waals surface area contributed by atoms with E-state index in [0.29, 0.717) is 36.0 Å². The van der Waals surface area contributed by atoms with Crippen molar-refractivity contribution in [2.75, 3.05) is 17.3 Å². The number of amides is 1. The molecule has 3 heterocycles. The van der Waals surface area contributed by atoms with Crippen LogP contribution >= 0.6 is 11.3 Å². The number of hydrogen-bond acceptors (Lipinski definition) is 7. The van der Waals surface area contributed by atoms with Gasteiger partial charge in [0.2, 0.25) is 0 Å². The maximum absolute atomic E-state index is 13.6. The molecule has 0 spiro atoms. The first kappa shape index (κ1) is 27.7. The van der Waals surface area contributed by atoms with Gasteiger partial charge in [0.15, 0.2) is 11.6 Å². The smallest absolute Gasteiger partial charge is 0.255 e. The third-order valence-corrected chi connectivity index (χ3v) is 7.17. The molecular formula is C29H30F2N6OS. The molecule has 2 aromatic carbocycles. The highest BCUT2D eigenvalue weighted by molar-refractivity contribution is 7.15. The number of nitrogens with zero attached hydrogens (tertiary/aromatic N) is 2. The normalized spacial score (nSPS) is 12.7. The van der Waals surface area contributed by atoms with Crippen LogP contribution in [0.2, 0.25) is 0 Å². The lowest BCUT2D eigenvalue weighted by Crippen LogP contribution is -2.27. The first-order valence-corrected chi connectivity index (χ1v) is 13.4. The minimum absolute atomic E-state index is 0.352. The van der Waals surface area contributed by atoms with Crippen LogP contribution in [0.5, 0.6) is 0 Å². The second-order valence-corrected chi connectivity index (χ2v) is 9.69. The lowest BCUT2D eigenvalue weighted by Gasteiger charge is -2.16. The number of anilines is 2. The number of hydrogen-bond donors (Lipinski definition) is 4. The molecule has 1 atom stereocenters. The second kappa shape index (κ2) is 12.5. The van der Waals surface area contributed by atoms with E-state index in [1.807, 2.05) is 44.2 Å². The Hall–Kier alpha value is -4.31. The quantitative estimate of drug-likeness (QED) is 0.217. The van der Waals surface area contributed by atoms with E-state index >= 15 is 0 Å². The molecule has 5 rings (SSSR count). The van der Waals surface area contributed by atoms with Crippen molar-refractivity contribution in [1.82, 2.24) is 10.3 Å². The Labute approximate surface area is 230 Å². The van der Waals surface area contributed by atoms with Crippen LogP contribution in [0.4, 0.5) is 20.3 Å². The highest BCUT2D eigenvalue weighted by Crippen LogP contribution is 2.32. The summed E-state index contributed by atoms with van der Waals surface area (Å²) in [6, 6.07) is 16.5. The molecule has 1 amide bonds. The molecule has 1 unspecified atom stereocenters. The van der Waals surface area contributed by atoms with E-state index in [0.717, 1.165) is 38.7 Å². The minimum atomic E-state index is -0.957. The van der Waals surface area contributed by atoms with Gasteiger partial charge in [-0.15, -0.1) is 11.3 Å². The van der Waals surface area contributed by atoms with Gasteiger partial charge in [-0.3, -0.25) is 4.79 Å². The molecule has 39 heavy (non-hydrogen) atoms. The lowest BCUT2D eigenvalue weighted by molar-refractivity contribution is 0.0940. The number of pyridine rings is 1. The van der Waals surface area contributed by atoms with E-state index in [9.17, 15) is 13.6 Å². The highest BCUT2D eigenvalue weighted by atomic mass is 32.1. The fourth-order valence-electron chi connectivity index (χ4n) is 4.03. The maximum Gasteiger partial charge on any atom is 0.255 e. The molecule has 1 aliphatic rings. The van der Waals surface area contributed by atoms with Crippen LogP contribution in [0.25, 0.3) is 10.4 Å². The molecule has 5 N–H and O–H groups in total. The highest BCUT2D eigenvalue weighted by Gasteiger charge is 2.17. The van der Waals surface area contributed by atoms with Crippen LogP contribution in [0.1, 0.15) is 53.2 Å². The van der Waals surface area contributed by atoms with Crippen LogP contribution in [0, 0.1) is 11.6 Å². The number of amidine groups is 1. The van der Waals surface area contributed by atoms with Gasteiger partial charge in [0.1, 0.15) is 18.3 Å². The molecule has 202 valence electrons. The molecule has 0 saturated heterocycles. The van der Waals surface area contributed by atoms with Crippen molar-refractivity contribution < 1.29 is 13.6 Å². The van der Waals surface area contributed by atoms with Crippen molar-refractivity contribution in [1.29, 1.82) is 0 Å². The maximum atomic E-state index is 13.6. The molecule has 4 aromatic rings. The molecule has 0 saturated carbocycles. The summed E-state index contributed by atoms with van der Waals surface area (Å²) < 4.78 is 26.9. The summed E-state index contributed by atoms with van der Waals surface area (Å²) in [6.45, 7) is 6.65. The Kier molecular flexibility index (Phi) is 8.88. The standard InChI is InChI=1S/C27H24F2N6OS.C2H6/c1-15(16-4-7-21(28)22(29)12-16)35-27(36)19-3-2-10-31-26(19)32-13-18-6-9-24(37-18)17-5-8-23-20(11-17)25(30)34-14-33-23;1-2/h2-12,15,33H,13-14H2,1H3,(H2,30,34)(H,31,32)(H,35,36);1-2H3. The predicted molar refractivity (Wildman–Crippen MR) is 154 cm³/mol. The summed E-state index contributed by atoms with van der Waals surface area (Å²) >= 11 is 1.62. The van der Waals surface area contributed by atoms with Crippen LogP contribution in [-0.2, 0) is 6.54 Å². The van der Waals surface area contributed by atoms with Crippen molar-refractivity contribution >= 4 is 34.6 Å². The number of aliphatic imine (C=N–C) groups is 1. The number of thiophene rings is 1. The topological polar surface area (TPSA) is 104 Å². The Morgan fingerprint density at radius 1 is 1.10 bits per heavy atom. The van der Waals surface area contributed by atoms with E-state index in [1.165, 1.54) is 6.07 Å². The fourth-order valence-corrected chi connectivity index (χ4v) is 4.97.